The molecule has 124 valence electrons. The fraction of sp³-hybridized carbons (Fsp3) is 0.118. The van der Waals surface area contributed by atoms with Crippen LogP contribution in [0, 0.1) is 6.92 Å². The summed E-state index contributed by atoms with van der Waals surface area (Å²) in [5.74, 6) is 0. The largest absolute Gasteiger partial charge is 0.244 e. The van der Waals surface area contributed by atoms with Crippen LogP contribution in [0.5, 0.6) is 0 Å². The SMILES string of the molecule is Cc1nn(-c2ccccc2)cc1S(=O)(=O)NCc1ccc(Cl)cc1. The quantitative estimate of drug-likeness (QED) is 0.758. The van der Waals surface area contributed by atoms with Crippen molar-refractivity contribution in [3.05, 3.63) is 77.1 Å². The highest BCUT2D eigenvalue weighted by molar-refractivity contribution is 7.89. The molecule has 0 aliphatic rings. The van der Waals surface area contributed by atoms with E-state index in [1.807, 2.05) is 30.3 Å². The summed E-state index contributed by atoms with van der Waals surface area (Å²) >= 11 is 5.83. The van der Waals surface area contributed by atoms with Gasteiger partial charge in [-0.2, -0.15) is 5.10 Å². The van der Waals surface area contributed by atoms with Gasteiger partial charge in [-0.1, -0.05) is 41.9 Å². The predicted octanol–water partition coefficient (Wildman–Crippen LogP) is 3.31. The number of aromatic nitrogens is 2. The Hall–Kier alpha value is -2.15. The van der Waals surface area contributed by atoms with Crippen molar-refractivity contribution in [3.63, 3.8) is 0 Å². The van der Waals surface area contributed by atoms with Gasteiger partial charge in [0.15, 0.2) is 0 Å². The summed E-state index contributed by atoms with van der Waals surface area (Å²) in [4.78, 5) is 0.167. The van der Waals surface area contributed by atoms with Crippen LogP contribution in [0.25, 0.3) is 5.69 Å². The summed E-state index contributed by atoms with van der Waals surface area (Å²) in [6, 6.07) is 16.4. The second-order valence-electron chi connectivity index (χ2n) is 5.31. The summed E-state index contributed by atoms with van der Waals surface area (Å²) < 4.78 is 29.2. The summed E-state index contributed by atoms with van der Waals surface area (Å²) in [6.45, 7) is 1.87. The average molecular weight is 362 g/mol. The third-order valence-electron chi connectivity index (χ3n) is 3.54. The lowest BCUT2D eigenvalue weighted by molar-refractivity contribution is 0.580. The van der Waals surface area contributed by atoms with E-state index in [2.05, 4.69) is 9.82 Å². The molecule has 0 unspecified atom stereocenters. The molecule has 0 aliphatic heterocycles. The van der Waals surface area contributed by atoms with E-state index in [1.54, 1.807) is 35.9 Å². The Balaban J connectivity index is 1.82. The zero-order valence-electron chi connectivity index (χ0n) is 13.0. The molecule has 0 radical (unpaired) electrons. The minimum atomic E-state index is -3.65. The van der Waals surface area contributed by atoms with Crippen LogP contribution in [-0.4, -0.2) is 18.2 Å². The number of rotatable bonds is 5. The minimum absolute atomic E-state index is 0.167. The van der Waals surface area contributed by atoms with Crippen molar-refractivity contribution in [1.82, 2.24) is 14.5 Å². The average Bonchev–Trinajstić information content (AvgIpc) is 2.98. The second kappa shape index (κ2) is 6.76. The van der Waals surface area contributed by atoms with E-state index in [0.29, 0.717) is 10.7 Å². The molecule has 3 rings (SSSR count). The molecule has 24 heavy (non-hydrogen) atoms. The Morgan fingerprint density at radius 2 is 1.75 bits per heavy atom. The van der Waals surface area contributed by atoms with E-state index in [-0.39, 0.29) is 11.4 Å². The number of hydrogen-bond acceptors (Lipinski definition) is 3. The number of hydrogen-bond donors (Lipinski definition) is 1. The molecule has 1 N–H and O–H groups in total. The van der Waals surface area contributed by atoms with Gasteiger partial charge in [-0.25, -0.2) is 17.8 Å². The molecule has 3 aromatic rings. The predicted molar refractivity (Wildman–Crippen MR) is 93.8 cm³/mol. The number of benzene rings is 2. The topological polar surface area (TPSA) is 64.0 Å². The van der Waals surface area contributed by atoms with Crippen LogP contribution in [-0.2, 0) is 16.6 Å². The lowest BCUT2D eigenvalue weighted by atomic mass is 10.2. The van der Waals surface area contributed by atoms with Crippen molar-refractivity contribution in [3.8, 4) is 5.69 Å². The Kier molecular flexibility index (Phi) is 4.71. The van der Waals surface area contributed by atoms with Crippen LogP contribution in [0.4, 0.5) is 0 Å². The summed E-state index contributed by atoms with van der Waals surface area (Å²) in [5.41, 5.74) is 2.08. The summed E-state index contributed by atoms with van der Waals surface area (Å²) in [6.07, 6.45) is 1.52. The highest BCUT2D eigenvalue weighted by atomic mass is 35.5. The number of para-hydroxylation sites is 1. The molecule has 2 aromatic carbocycles. The summed E-state index contributed by atoms with van der Waals surface area (Å²) in [7, 11) is -3.65. The fourth-order valence-corrected chi connectivity index (χ4v) is 3.59. The first-order valence-electron chi connectivity index (χ1n) is 7.31. The zero-order chi connectivity index (χ0) is 17.2. The Bertz CT molecular complexity index is 936. The first-order chi connectivity index (χ1) is 11.5. The van der Waals surface area contributed by atoms with Crippen molar-refractivity contribution >= 4 is 21.6 Å². The van der Waals surface area contributed by atoms with Gasteiger partial charge >= 0.3 is 0 Å². The normalized spacial score (nSPS) is 11.6. The lowest BCUT2D eigenvalue weighted by Crippen LogP contribution is -2.23. The van der Waals surface area contributed by atoms with Crippen molar-refractivity contribution in [2.24, 2.45) is 0 Å². The van der Waals surface area contributed by atoms with Crippen LogP contribution >= 0.6 is 11.6 Å². The van der Waals surface area contributed by atoms with Gasteiger partial charge in [0.25, 0.3) is 0 Å². The van der Waals surface area contributed by atoms with E-state index < -0.39 is 10.0 Å². The standard InChI is InChI=1S/C17H16ClN3O2S/c1-13-17(12-21(20-13)16-5-3-2-4-6-16)24(22,23)19-11-14-7-9-15(18)10-8-14/h2-10,12,19H,11H2,1H3. The van der Waals surface area contributed by atoms with Gasteiger partial charge in [-0.3, -0.25) is 0 Å². The van der Waals surface area contributed by atoms with Gasteiger partial charge in [0.2, 0.25) is 10.0 Å². The Morgan fingerprint density at radius 3 is 2.42 bits per heavy atom. The third-order valence-corrected chi connectivity index (χ3v) is 5.30. The second-order valence-corrected chi connectivity index (χ2v) is 7.48. The Labute approximate surface area is 145 Å². The van der Waals surface area contributed by atoms with Crippen molar-refractivity contribution in [2.75, 3.05) is 0 Å². The molecule has 0 spiro atoms. The van der Waals surface area contributed by atoms with Crippen LogP contribution in [0.2, 0.25) is 5.02 Å². The van der Waals surface area contributed by atoms with Gasteiger partial charge in [-0.05, 0) is 36.8 Å². The van der Waals surface area contributed by atoms with Crippen LogP contribution < -0.4 is 4.72 Å². The number of aryl methyl sites for hydroxylation is 1. The fourth-order valence-electron chi connectivity index (χ4n) is 2.28. The van der Waals surface area contributed by atoms with Crippen molar-refractivity contribution in [1.29, 1.82) is 0 Å². The maximum atomic E-state index is 12.5. The van der Waals surface area contributed by atoms with E-state index in [0.717, 1.165) is 11.3 Å². The van der Waals surface area contributed by atoms with E-state index >= 15 is 0 Å². The van der Waals surface area contributed by atoms with E-state index in [4.69, 9.17) is 11.6 Å². The Morgan fingerprint density at radius 1 is 1.08 bits per heavy atom. The molecule has 0 aliphatic carbocycles. The molecule has 0 saturated heterocycles. The van der Waals surface area contributed by atoms with Gasteiger partial charge in [0, 0.05) is 11.6 Å². The van der Waals surface area contributed by atoms with Crippen molar-refractivity contribution < 1.29 is 8.42 Å². The van der Waals surface area contributed by atoms with Crippen LogP contribution in [0.15, 0.2) is 65.7 Å². The molecular formula is C17H16ClN3O2S. The molecule has 1 heterocycles. The monoisotopic (exact) mass is 361 g/mol. The van der Waals surface area contributed by atoms with Crippen LogP contribution in [0.1, 0.15) is 11.3 Å². The number of nitrogens with one attached hydrogen (secondary N) is 1. The molecule has 1 aromatic heterocycles. The molecular weight excluding hydrogens is 346 g/mol. The molecule has 0 saturated carbocycles. The molecule has 0 fully saturated rings. The first kappa shape index (κ1) is 16.7. The third kappa shape index (κ3) is 3.67. The van der Waals surface area contributed by atoms with Gasteiger partial charge < -0.3 is 0 Å². The van der Waals surface area contributed by atoms with E-state index in [1.165, 1.54) is 6.20 Å². The molecule has 0 amide bonds. The van der Waals surface area contributed by atoms with Gasteiger partial charge in [0.1, 0.15) is 4.90 Å². The number of sulfonamides is 1. The maximum absolute atomic E-state index is 12.5. The molecule has 5 nitrogen and oxygen atoms in total. The smallest absolute Gasteiger partial charge is 0.239 e. The van der Waals surface area contributed by atoms with Crippen molar-refractivity contribution in [2.45, 2.75) is 18.4 Å². The first-order valence-corrected chi connectivity index (χ1v) is 9.17. The lowest BCUT2D eigenvalue weighted by Gasteiger charge is -2.06. The van der Waals surface area contributed by atoms with E-state index in [9.17, 15) is 8.42 Å². The van der Waals surface area contributed by atoms with Crippen LogP contribution in [0.3, 0.4) is 0 Å². The highest BCUT2D eigenvalue weighted by Crippen LogP contribution is 2.17. The number of nitrogens with zero attached hydrogens (tertiary/aromatic N) is 2. The van der Waals surface area contributed by atoms with Gasteiger partial charge in [-0.15, -0.1) is 0 Å². The molecule has 7 heteroatoms. The van der Waals surface area contributed by atoms with Gasteiger partial charge in [0.05, 0.1) is 17.6 Å². The zero-order valence-corrected chi connectivity index (χ0v) is 14.6. The minimum Gasteiger partial charge on any atom is -0.239 e. The summed E-state index contributed by atoms with van der Waals surface area (Å²) in [5, 5.41) is 4.91. The highest BCUT2D eigenvalue weighted by Gasteiger charge is 2.20. The molecule has 0 bridgehead atoms. The molecule has 0 atom stereocenters. The maximum Gasteiger partial charge on any atom is 0.244 e. The number of halogens is 1.